The average Bonchev–Trinajstić information content (AvgIpc) is 3.21. The van der Waals surface area contributed by atoms with Gasteiger partial charge in [0.25, 0.3) is 0 Å². The lowest BCUT2D eigenvalue weighted by molar-refractivity contribution is -0.920. The molecule has 0 radical (unpaired) electrons. The molecule has 3 fully saturated rings. The van der Waals surface area contributed by atoms with Gasteiger partial charge in [0.1, 0.15) is 6.54 Å². The maximum atomic E-state index is 12.8. The van der Waals surface area contributed by atoms with Crippen LogP contribution in [0, 0.1) is 28.6 Å². The summed E-state index contributed by atoms with van der Waals surface area (Å²) in [6.07, 6.45) is 12.0. The van der Waals surface area contributed by atoms with Gasteiger partial charge >= 0.3 is 5.97 Å². The molecule has 178 valence electrons. The first-order valence-electron chi connectivity index (χ1n) is 12.9. The van der Waals surface area contributed by atoms with E-state index in [1.807, 2.05) is 6.26 Å². The number of hydrogen-bond acceptors (Lipinski definition) is 3. The van der Waals surface area contributed by atoms with E-state index in [0.717, 1.165) is 51.0 Å². The molecule has 0 bridgehead atoms. The van der Waals surface area contributed by atoms with Crippen molar-refractivity contribution < 1.29 is 18.8 Å². The van der Waals surface area contributed by atoms with Crippen LogP contribution in [0.15, 0.2) is 28.9 Å². The van der Waals surface area contributed by atoms with Gasteiger partial charge in [0.15, 0.2) is 5.76 Å². The number of aryl methyl sites for hydroxylation is 1. The number of carbonyl (C=O) groups excluding carboxylic acids is 1. The van der Waals surface area contributed by atoms with Gasteiger partial charge in [0, 0.05) is 0 Å². The summed E-state index contributed by atoms with van der Waals surface area (Å²) in [4.78, 5) is 14.5. The number of nitrogens with one attached hydrogen (secondary N) is 1. The summed E-state index contributed by atoms with van der Waals surface area (Å²) in [5, 5.41) is 0. The zero-order valence-electron chi connectivity index (χ0n) is 20.8. The Labute approximate surface area is 194 Å². The van der Waals surface area contributed by atoms with Crippen molar-refractivity contribution in [1.82, 2.24) is 0 Å². The molecule has 2 heterocycles. The lowest BCUT2D eigenvalue weighted by Gasteiger charge is -2.57. The number of quaternary nitrogens is 1. The van der Waals surface area contributed by atoms with Crippen molar-refractivity contribution in [2.45, 2.75) is 85.1 Å². The summed E-state index contributed by atoms with van der Waals surface area (Å²) in [6, 6.07) is 2.19. The van der Waals surface area contributed by atoms with Gasteiger partial charge in [-0.2, -0.15) is 0 Å². The third-order valence-electron chi connectivity index (χ3n) is 9.60. The summed E-state index contributed by atoms with van der Waals surface area (Å²) in [5.41, 5.74) is 2.52. The number of esters is 1. The minimum Gasteiger partial charge on any atom is -0.469 e. The number of piperidine rings is 1. The number of rotatable bonds is 6. The van der Waals surface area contributed by atoms with Crippen molar-refractivity contribution >= 4 is 5.97 Å². The molecule has 0 aromatic carbocycles. The monoisotopic (exact) mass is 442 g/mol. The Morgan fingerprint density at radius 2 is 2.00 bits per heavy atom. The third-order valence-corrected chi connectivity index (χ3v) is 9.60. The fourth-order valence-corrected chi connectivity index (χ4v) is 7.58. The molecular weight excluding hydrogens is 398 g/mol. The highest BCUT2D eigenvalue weighted by Gasteiger charge is 2.57. The van der Waals surface area contributed by atoms with Gasteiger partial charge in [0.05, 0.1) is 31.9 Å². The highest BCUT2D eigenvalue weighted by Crippen LogP contribution is 2.62. The van der Waals surface area contributed by atoms with Crippen LogP contribution in [0.1, 0.15) is 83.5 Å². The van der Waals surface area contributed by atoms with Gasteiger partial charge in [-0.15, -0.1) is 0 Å². The van der Waals surface area contributed by atoms with E-state index < -0.39 is 0 Å². The van der Waals surface area contributed by atoms with Crippen molar-refractivity contribution in [3.8, 4) is 0 Å². The molecule has 4 rings (SSSR count). The quantitative estimate of drug-likeness (QED) is 0.499. The molecular formula is C28H44NO3+. The molecule has 1 N–H and O–H groups in total. The molecule has 0 unspecified atom stereocenters. The van der Waals surface area contributed by atoms with E-state index in [-0.39, 0.29) is 16.8 Å². The first-order chi connectivity index (χ1) is 15.3. The Bertz CT molecular complexity index is 820. The van der Waals surface area contributed by atoms with Gasteiger partial charge in [-0.1, -0.05) is 32.4 Å². The molecule has 4 atom stereocenters. The molecule has 0 amide bonds. The Morgan fingerprint density at radius 1 is 1.25 bits per heavy atom. The average molecular weight is 443 g/mol. The van der Waals surface area contributed by atoms with Gasteiger partial charge in [-0.3, -0.25) is 4.79 Å². The Kier molecular flexibility index (Phi) is 6.91. The van der Waals surface area contributed by atoms with E-state index in [2.05, 4.69) is 33.4 Å². The molecule has 1 saturated heterocycles. The Hall–Kier alpha value is -1.55. The maximum Gasteiger partial charge on any atom is 0.311 e. The van der Waals surface area contributed by atoms with E-state index in [1.165, 1.54) is 49.2 Å². The lowest BCUT2D eigenvalue weighted by Crippen LogP contribution is -3.11. The van der Waals surface area contributed by atoms with Crippen molar-refractivity contribution in [2.75, 3.05) is 20.2 Å². The number of allylic oxidation sites excluding steroid dienone is 1. The molecule has 4 heteroatoms. The van der Waals surface area contributed by atoms with Gasteiger partial charge in [-0.25, -0.2) is 0 Å². The summed E-state index contributed by atoms with van der Waals surface area (Å²) >= 11 is 0. The highest BCUT2D eigenvalue weighted by molar-refractivity contribution is 5.77. The first kappa shape index (κ1) is 23.6. The van der Waals surface area contributed by atoms with Crippen LogP contribution >= 0.6 is 0 Å². The van der Waals surface area contributed by atoms with E-state index in [1.54, 1.807) is 12.0 Å². The Morgan fingerprint density at radius 3 is 2.72 bits per heavy atom. The number of ether oxygens (including phenoxy) is 1. The summed E-state index contributed by atoms with van der Waals surface area (Å²) in [5.74, 6) is 2.86. The summed E-state index contributed by atoms with van der Waals surface area (Å²) in [7, 11) is 1.55. The normalized spacial score (nSPS) is 37.7. The van der Waals surface area contributed by atoms with E-state index in [9.17, 15) is 4.79 Å². The molecule has 3 aliphatic rings. The standard InChI is InChI=1S/C28H43NO3/c1-20-11-16-29(17-12-20)19-24-22(13-18-32-24)8-9-23-21(2)7-10-25-27(23,3)14-6-15-28(25,4)26(30)31-5/h13,18,20,23,25H,2,6-12,14-17,19H2,1,3-5H3/p+1/t23-,25+,27+,28-/m0/s1. The minimum atomic E-state index is -0.365. The first-order valence-corrected chi connectivity index (χ1v) is 12.9. The number of carbonyl (C=O) groups is 1. The number of likely N-dealkylation sites (tertiary alicyclic amines) is 1. The molecule has 1 aliphatic heterocycles. The number of furan rings is 1. The molecule has 2 aliphatic carbocycles. The molecule has 2 saturated carbocycles. The van der Waals surface area contributed by atoms with Crippen LogP contribution < -0.4 is 4.90 Å². The highest BCUT2D eigenvalue weighted by atomic mass is 16.5. The summed E-state index contributed by atoms with van der Waals surface area (Å²) < 4.78 is 11.3. The molecule has 1 aromatic heterocycles. The van der Waals surface area contributed by atoms with Gasteiger partial charge < -0.3 is 14.1 Å². The largest absolute Gasteiger partial charge is 0.469 e. The second kappa shape index (κ2) is 9.37. The van der Waals surface area contributed by atoms with Crippen LogP contribution in [0.4, 0.5) is 0 Å². The number of fused-ring (bicyclic) bond motifs is 1. The minimum absolute atomic E-state index is 0.0179. The molecule has 1 aromatic rings. The van der Waals surface area contributed by atoms with E-state index in [0.29, 0.717) is 11.8 Å². The molecule has 32 heavy (non-hydrogen) atoms. The predicted octanol–water partition coefficient (Wildman–Crippen LogP) is 4.98. The zero-order valence-corrected chi connectivity index (χ0v) is 20.8. The maximum absolute atomic E-state index is 12.8. The van der Waals surface area contributed by atoms with Gasteiger partial charge in [-0.05, 0) is 93.1 Å². The fraction of sp³-hybridized carbons (Fsp3) is 0.750. The van der Waals surface area contributed by atoms with Crippen LogP contribution in [-0.2, 0) is 22.5 Å². The van der Waals surface area contributed by atoms with Crippen molar-refractivity contribution in [2.24, 2.45) is 28.6 Å². The SMILES string of the molecule is C=C1CC[C@@H]2[C@](C)(CCC[C@]2(C)C(=O)OC)[C@H]1CCc1ccoc1C[NH+]1CCC(C)CC1. The Balaban J connectivity index is 1.47. The van der Waals surface area contributed by atoms with Crippen molar-refractivity contribution in [1.29, 1.82) is 0 Å². The lowest BCUT2D eigenvalue weighted by atomic mass is 9.46. The van der Waals surface area contributed by atoms with Crippen molar-refractivity contribution in [3.05, 3.63) is 35.8 Å². The second-order valence-corrected chi connectivity index (χ2v) is 11.6. The van der Waals surface area contributed by atoms with Crippen LogP contribution in [0.3, 0.4) is 0 Å². The number of hydrogen-bond donors (Lipinski definition) is 1. The molecule has 4 nitrogen and oxygen atoms in total. The zero-order chi connectivity index (χ0) is 22.9. The summed E-state index contributed by atoms with van der Waals surface area (Å²) in [6.45, 7) is 15.0. The van der Waals surface area contributed by atoms with Crippen LogP contribution in [-0.4, -0.2) is 26.2 Å². The van der Waals surface area contributed by atoms with E-state index in [4.69, 9.17) is 9.15 Å². The molecule has 0 spiro atoms. The third kappa shape index (κ3) is 4.32. The second-order valence-electron chi connectivity index (χ2n) is 11.6. The fourth-order valence-electron chi connectivity index (χ4n) is 7.58. The van der Waals surface area contributed by atoms with Crippen LogP contribution in [0.2, 0.25) is 0 Å². The smallest absolute Gasteiger partial charge is 0.311 e. The topological polar surface area (TPSA) is 43.9 Å². The van der Waals surface area contributed by atoms with Gasteiger partial charge in [0.2, 0.25) is 0 Å². The van der Waals surface area contributed by atoms with Crippen LogP contribution in [0.5, 0.6) is 0 Å². The van der Waals surface area contributed by atoms with Crippen LogP contribution in [0.25, 0.3) is 0 Å². The van der Waals surface area contributed by atoms with E-state index >= 15 is 0 Å². The number of methoxy groups -OCH3 is 1. The predicted molar refractivity (Wildman–Crippen MR) is 127 cm³/mol. The van der Waals surface area contributed by atoms with Crippen molar-refractivity contribution in [3.63, 3.8) is 0 Å².